The Morgan fingerprint density at radius 3 is 2.57 bits per heavy atom. The van der Waals surface area contributed by atoms with Crippen molar-refractivity contribution in [3.05, 3.63) is 70.7 Å². The van der Waals surface area contributed by atoms with E-state index in [1.54, 1.807) is 12.4 Å². The fourth-order valence-electron chi connectivity index (χ4n) is 3.71. The van der Waals surface area contributed by atoms with Gasteiger partial charge in [0.25, 0.3) is 5.69 Å². The summed E-state index contributed by atoms with van der Waals surface area (Å²) in [6.07, 6.45) is 7.80. The molecule has 9 nitrogen and oxygen atoms in total. The SMILES string of the molecule is O=[N+]([O-])c1cccc(S(=O)(=O)NCc2cc(-c3ccncc3)n(C3CCCC3)n2)c1. The van der Waals surface area contributed by atoms with Crippen molar-refractivity contribution >= 4 is 15.7 Å². The van der Waals surface area contributed by atoms with Crippen molar-refractivity contribution < 1.29 is 13.3 Å². The lowest BCUT2D eigenvalue weighted by Gasteiger charge is -2.14. The third-order valence-electron chi connectivity index (χ3n) is 5.22. The van der Waals surface area contributed by atoms with E-state index in [9.17, 15) is 18.5 Å². The van der Waals surface area contributed by atoms with Gasteiger partial charge >= 0.3 is 0 Å². The summed E-state index contributed by atoms with van der Waals surface area (Å²) in [5, 5.41) is 15.6. The Kier molecular flexibility index (Phi) is 5.60. The summed E-state index contributed by atoms with van der Waals surface area (Å²) in [5.74, 6) is 0. The van der Waals surface area contributed by atoms with Gasteiger partial charge in [-0.05, 0) is 37.1 Å². The van der Waals surface area contributed by atoms with Gasteiger partial charge in [0.15, 0.2) is 0 Å². The van der Waals surface area contributed by atoms with Crippen LogP contribution in [0.2, 0.25) is 0 Å². The zero-order chi connectivity index (χ0) is 21.1. The van der Waals surface area contributed by atoms with E-state index in [4.69, 9.17) is 0 Å². The molecule has 1 aliphatic carbocycles. The number of hydrogen-bond donors (Lipinski definition) is 1. The van der Waals surface area contributed by atoms with Gasteiger partial charge in [-0.15, -0.1) is 0 Å². The molecule has 2 aromatic heterocycles. The van der Waals surface area contributed by atoms with E-state index in [0.29, 0.717) is 5.69 Å². The number of rotatable bonds is 7. The van der Waals surface area contributed by atoms with E-state index in [1.165, 1.54) is 18.2 Å². The number of benzene rings is 1. The molecule has 1 saturated carbocycles. The first-order valence-corrected chi connectivity index (χ1v) is 11.2. The van der Waals surface area contributed by atoms with Crippen LogP contribution in [0.5, 0.6) is 0 Å². The molecule has 0 aliphatic heterocycles. The first kappa shape index (κ1) is 20.2. The van der Waals surface area contributed by atoms with E-state index in [-0.39, 0.29) is 23.2 Å². The van der Waals surface area contributed by atoms with E-state index in [2.05, 4.69) is 14.8 Å². The molecule has 0 amide bonds. The molecule has 30 heavy (non-hydrogen) atoms. The lowest BCUT2D eigenvalue weighted by atomic mass is 10.1. The summed E-state index contributed by atoms with van der Waals surface area (Å²) in [5.41, 5.74) is 2.21. The monoisotopic (exact) mass is 427 g/mol. The molecule has 10 heteroatoms. The third-order valence-corrected chi connectivity index (χ3v) is 6.61. The molecular formula is C20H21N5O4S. The van der Waals surface area contributed by atoms with Crippen LogP contribution in [-0.4, -0.2) is 28.1 Å². The Bertz CT molecular complexity index is 1150. The second-order valence-corrected chi connectivity index (χ2v) is 8.99. The highest BCUT2D eigenvalue weighted by Gasteiger charge is 2.23. The molecule has 0 spiro atoms. The molecule has 0 bridgehead atoms. The highest BCUT2D eigenvalue weighted by atomic mass is 32.2. The van der Waals surface area contributed by atoms with Gasteiger partial charge in [-0.25, -0.2) is 13.1 Å². The number of pyridine rings is 1. The van der Waals surface area contributed by atoms with Crippen LogP contribution < -0.4 is 4.72 Å². The fourth-order valence-corrected chi connectivity index (χ4v) is 4.75. The smallest absolute Gasteiger partial charge is 0.265 e. The number of hydrogen-bond acceptors (Lipinski definition) is 6. The van der Waals surface area contributed by atoms with Crippen molar-refractivity contribution in [1.82, 2.24) is 19.5 Å². The van der Waals surface area contributed by atoms with Crippen LogP contribution in [0.3, 0.4) is 0 Å². The number of nitro benzene ring substituents is 1. The first-order valence-electron chi connectivity index (χ1n) is 9.67. The second kappa shape index (κ2) is 8.33. The molecule has 1 aliphatic rings. The minimum Gasteiger partial charge on any atom is -0.265 e. The fraction of sp³-hybridized carbons (Fsp3) is 0.300. The van der Waals surface area contributed by atoms with Crippen molar-refractivity contribution in [3.63, 3.8) is 0 Å². The van der Waals surface area contributed by atoms with Crippen molar-refractivity contribution in [3.8, 4) is 11.3 Å². The number of nitrogens with zero attached hydrogens (tertiary/aromatic N) is 4. The highest BCUT2D eigenvalue weighted by Crippen LogP contribution is 2.33. The summed E-state index contributed by atoms with van der Waals surface area (Å²) >= 11 is 0. The van der Waals surface area contributed by atoms with Crippen LogP contribution in [0.1, 0.15) is 37.4 Å². The summed E-state index contributed by atoms with van der Waals surface area (Å²) in [4.78, 5) is 14.2. The molecule has 0 radical (unpaired) electrons. The summed E-state index contributed by atoms with van der Waals surface area (Å²) in [7, 11) is -3.92. The largest absolute Gasteiger partial charge is 0.270 e. The molecule has 156 valence electrons. The van der Waals surface area contributed by atoms with Crippen LogP contribution in [-0.2, 0) is 16.6 Å². The lowest BCUT2D eigenvalue weighted by molar-refractivity contribution is -0.385. The maximum atomic E-state index is 12.6. The van der Waals surface area contributed by atoms with Crippen LogP contribution in [0.15, 0.2) is 59.8 Å². The average Bonchev–Trinajstić information content (AvgIpc) is 3.43. The molecular weight excluding hydrogens is 406 g/mol. The molecule has 0 atom stereocenters. The van der Waals surface area contributed by atoms with Gasteiger partial charge in [-0.2, -0.15) is 5.10 Å². The van der Waals surface area contributed by atoms with Gasteiger partial charge in [0.2, 0.25) is 10.0 Å². The number of non-ortho nitro benzene ring substituents is 1. The summed E-state index contributed by atoms with van der Waals surface area (Å²) in [6.45, 7) is -0.0111. The summed E-state index contributed by atoms with van der Waals surface area (Å²) in [6, 6.07) is 10.9. The van der Waals surface area contributed by atoms with Crippen LogP contribution >= 0.6 is 0 Å². The van der Waals surface area contributed by atoms with Crippen molar-refractivity contribution in [2.45, 2.75) is 43.2 Å². The predicted molar refractivity (Wildman–Crippen MR) is 110 cm³/mol. The van der Waals surface area contributed by atoms with E-state index < -0.39 is 14.9 Å². The Labute approximate surface area is 174 Å². The molecule has 0 unspecified atom stereocenters. The normalized spacial score (nSPS) is 14.8. The third kappa shape index (κ3) is 4.24. The van der Waals surface area contributed by atoms with Crippen LogP contribution in [0.4, 0.5) is 5.69 Å². The van der Waals surface area contributed by atoms with E-state index in [1.807, 2.05) is 22.9 Å². The highest BCUT2D eigenvalue weighted by molar-refractivity contribution is 7.89. The Hall–Kier alpha value is -3.11. The second-order valence-electron chi connectivity index (χ2n) is 7.22. The minimum absolute atomic E-state index is 0.0111. The van der Waals surface area contributed by atoms with Crippen LogP contribution in [0.25, 0.3) is 11.3 Å². The Morgan fingerprint density at radius 2 is 1.87 bits per heavy atom. The zero-order valence-corrected chi connectivity index (χ0v) is 17.0. The van der Waals surface area contributed by atoms with Crippen molar-refractivity contribution in [2.24, 2.45) is 0 Å². The van der Waals surface area contributed by atoms with Crippen LogP contribution in [0, 0.1) is 10.1 Å². The lowest BCUT2D eigenvalue weighted by Crippen LogP contribution is -2.23. The molecule has 1 fully saturated rings. The number of aromatic nitrogens is 3. The Morgan fingerprint density at radius 1 is 1.13 bits per heavy atom. The van der Waals surface area contributed by atoms with E-state index >= 15 is 0 Å². The molecule has 1 N–H and O–H groups in total. The standard InChI is InChI=1S/C20H21N5O4S/c26-25(27)18-6-3-7-19(13-18)30(28,29)22-14-16-12-20(15-8-10-21-11-9-15)24(23-16)17-4-1-2-5-17/h3,6-13,17,22H,1-2,4-5,14H2. The van der Waals surface area contributed by atoms with E-state index in [0.717, 1.165) is 43.0 Å². The summed E-state index contributed by atoms with van der Waals surface area (Å²) < 4.78 is 29.7. The maximum absolute atomic E-state index is 12.6. The van der Waals surface area contributed by atoms with Gasteiger partial charge in [0, 0.05) is 30.1 Å². The van der Waals surface area contributed by atoms with Gasteiger partial charge in [-0.3, -0.25) is 19.8 Å². The van der Waals surface area contributed by atoms with Gasteiger partial charge < -0.3 is 0 Å². The van der Waals surface area contributed by atoms with Crippen molar-refractivity contribution in [2.75, 3.05) is 0 Å². The number of sulfonamides is 1. The zero-order valence-electron chi connectivity index (χ0n) is 16.1. The topological polar surface area (TPSA) is 120 Å². The van der Waals surface area contributed by atoms with Gasteiger partial charge in [0.05, 0.1) is 33.8 Å². The molecule has 0 saturated heterocycles. The van der Waals surface area contributed by atoms with Gasteiger partial charge in [0.1, 0.15) is 0 Å². The van der Waals surface area contributed by atoms with Gasteiger partial charge in [-0.1, -0.05) is 18.9 Å². The number of nitrogens with one attached hydrogen (secondary N) is 1. The number of nitro groups is 1. The molecule has 1 aromatic carbocycles. The predicted octanol–water partition coefficient (Wildman–Crippen LogP) is 3.45. The quantitative estimate of drug-likeness (QED) is 0.455. The molecule has 3 aromatic rings. The maximum Gasteiger partial charge on any atom is 0.270 e. The first-order chi connectivity index (χ1) is 14.4. The Balaban J connectivity index is 1.59. The minimum atomic E-state index is -3.92. The molecule has 4 rings (SSSR count). The van der Waals surface area contributed by atoms with Crippen molar-refractivity contribution in [1.29, 1.82) is 0 Å². The average molecular weight is 427 g/mol. The molecule has 2 heterocycles.